The lowest BCUT2D eigenvalue weighted by Crippen LogP contribution is -2.29. The van der Waals surface area contributed by atoms with Gasteiger partial charge in [0.15, 0.2) is 5.96 Å². The zero-order chi connectivity index (χ0) is 17.4. The molecule has 0 unspecified atom stereocenters. The van der Waals surface area contributed by atoms with E-state index in [0.717, 1.165) is 18.9 Å². The summed E-state index contributed by atoms with van der Waals surface area (Å²) >= 11 is 0. The summed E-state index contributed by atoms with van der Waals surface area (Å²) in [7, 11) is 0. The van der Waals surface area contributed by atoms with Crippen molar-refractivity contribution >= 4 is 11.9 Å². The van der Waals surface area contributed by atoms with Crippen molar-refractivity contribution in [1.29, 1.82) is 0 Å². The molecule has 2 aromatic rings. The quantitative estimate of drug-likeness (QED) is 0.492. The Labute approximate surface area is 146 Å². The first kappa shape index (κ1) is 15.7. The average molecular weight is 338 g/mol. The Morgan fingerprint density at radius 1 is 1.24 bits per heavy atom. The summed E-state index contributed by atoms with van der Waals surface area (Å²) in [5.41, 5.74) is 13.1. The minimum absolute atomic E-state index is 0.0723. The normalized spacial score (nSPS) is 20.6. The minimum atomic E-state index is 0.0723. The summed E-state index contributed by atoms with van der Waals surface area (Å²) in [5.74, 6) is 1.86. The monoisotopic (exact) mass is 338 g/mol. The Hall–Kier alpha value is -2.83. The van der Waals surface area contributed by atoms with Gasteiger partial charge in [-0.15, -0.1) is 0 Å². The molecule has 0 spiro atoms. The molecule has 2 atom stereocenters. The number of aliphatic imine (C=N–C) groups is 1. The molecule has 0 bridgehead atoms. The number of rotatable bonds is 4. The van der Waals surface area contributed by atoms with Crippen LogP contribution in [0.25, 0.3) is 5.69 Å². The molecule has 7 nitrogen and oxygen atoms in total. The summed E-state index contributed by atoms with van der Waals surface area (Å²) in [6, 6.07) is 8.40. The van der Waals surface area contributed by atoms with Crippen LogP contribution in [-0.2, 0) is 4.79 Å². The zero-order valence-corrected chi connectivity index (χ0v) is 14.0. The fourth-order valence-electron chi connectivity index (χ4n) is 3.99. The lowest BCUT2D eigenvalue weighted by molar-refractivity contribution is -0.130. The van der Waals surface area contributed by atoms with Gasteiger partial charge >= 0.3 is 0 Å². The van der Waals surface area contributed by atoms with Crippen molar-refractivity contribution in [3.8, 4) is 5.69 Å². The molecule has 0 radical (unpaired) electrons. The third-order valence-electron chi connectivity index (χ3n) is 5.11. The first-order valence-electron chi connectivity index (χ1n) is 8.61. The number of carbonyl (C=O) groups is 1. The maximum absolute atomic E-state index is 12.6. The topological polar surface area (TPSA) is 103 Å². The van der Waals surface area contributed by atoms with Gasteiger partial charge < -0.3 is 20.9 Å². The first-order chi connectivity index (χ1) is 12.1. The average Bonchev–Trinajstić information content (AvgIpc) is 3.25. The van der Waals surface area contributed by atoms with Crippen LogP contribution in [0.4, 0.5) is 0 Å². The molecule has 2 aliphatic heterocycles. The number of para-hydroxylation sites is 1. The number of imidazole rings is 1. The second-order valence-electron chi connectivity index (χ2n) is 6.64. The lowest BCUT2D eigenvalue weighted by atomic mass is 9.84. The van der Waals surface area contributed by atoms with Crippen molar-refractivity contribution in [2.75, 3.05) is 19.6 Å². The van der Waals surface area contributed by atoms with E-state index in [0.29, 0.717) is 25.3 Å². The molecule has 1 fully saturated rings. The number of aromatic nitrogens is 2. The van der Waals surface area contributed by atoms with Gasteiger partial charge in [0.05, 0.1) is 5.69 Å². The molecular weight excluding hydrogens is 316 g/mol. The van der Waals surface area contributed by atoms with Crippen LogP contribution in [0.3, 0.4) is 0 Å². The van der Waals surface area contributed by atoms with Crippen molar-refractivity contribution in [2.45, 2.75) is 24.7 Å². The highest BCUT2D eigenvalue weighted by molar-refractivity contribution is 5.77. The van der Waals surface area contributed by atoms with E-state index >= 15 is 0 Å². The standard InChI is InChI=1S/C18H22N6O/c19-18(20)22-7-3-6-16(25)23-10-13-12-4-1-2-5-15(12)24-9-8-21-17(24)14(13)11-23/h1-2,4-5,8-9,13-14H,3,6-7,10-11H2,(H4,19,20,22)/t13-,14-/m0/s1. The van der Waals surface area contributed by atoms with Gasteiger partial charge in [-0.1, -0.05) is 18.2 Å². The number of hydrogen-bond acceptors (Lipinski definition) is 3. The maximum atomic E-state index is 12.6. The highest BCUT2D eigenvalue weighted by Gasteiger charge is 2.42. The second kappa shape index (κ2) is 6.23. The Morgan fingerprint density at radius 2 is 2.04 bits per heavy atom. The Balaban J connectivity index is 1.52. The Kier molecular flexibility index (Phi) is 3.91. The summed E-state index contributed by atoms with van der Waals surface area (Å²) in [4.78, 5) is 23.1. The molecule has 4 rings (SSSR count). The van der Waals surface area contributed by atoms with Crippen LogP contribution in [-0.4, -0.2) is 46.0 Å². The number of hydrogen-bond donors (Lipinski definition) is 2. The highest BCUT2D eigenvalue weighted by atomic mass is 16.2. The third-order valence-corrected chi connectivity index (χ3v) is 5.11. The maximum Gasteiger partial charge on any atom is 0.222 e. The number of carbonyl (C=O) groups excluding carboxylic acids is 1. The van der Waals surface area contributed by atoms with Crippen LogP contribution >= 0.6 is 0 Å². The smallest absolute Gasteiger partial charge is 0.222 e. The molecule has 25 heavy (non-hydrogen) atoms. The fraction of sp³-hybridized carbons (Fsp3) is 0.389. The lowest BCUT2D eigenvalue weighted by Gasteiger charge is -2.28. The number of benzene rings is 1. The van der Waals surface area contributed by atoms with E-state index in [1.165, 1.54) is 11.3 Å². The van der Waals surface area contributed by atoms with Gasteiger partial charge in [0.25, 0.3) is 0 Å². The molecule has 130 valence electrons. The van der Waals surface area contributed by atoms with Gasteiger partial charge in [0.2, 0.25) is 5.91 Å². The number of fused-ring (bicyclic) bond motifs is 6. The zero-order valence-electron chi connectivity index (χ0n) is 14.0. The second-order valence-corrected chi connectivity index (χ2v) is 6.64. The van der Waals surface area contributed by atoms with Crippen LogP contribution in [0.1, 0.15) is 36.1 Å². The molecule has 1 amide bonds. The molecule has 1 aromatic heterocycles. The van der Waals surface area contributed by atoms with E-state index in [-0.39, 0.29) is 17.8 Å². The highest BCUT2D eigenvalue weighted by Crippen LogP contribution is 2.45. The number of guanidine groups is 1. The van der Waals surface area contributed by atoms with E-state index in [1.54, 1.807) is 0 Å². The number of nitrogens with two attached hydrogens (primary N) is 2. The van der Waals surface area contributed by atoms with E-state index in [9.17, 15) is 4.79 Å². The molecule has 2 aliphatic rings. The van der Waals surface area contributed by atoms with Gasteiger partial charge in [0.1, 0.15) is 5.82 Å². The van der Waals surface area contributed by atoms with Gasteiger partial charge in [0, 0.05) is 50.3 Å². The van der Waals surface area contributed by atoms with Crippen LogP contribution < -0.4 is 11.5 Å². The molecule has 4 N–H and O–H groups in total. The van der Waals surface area contributed by atoms with E-state index in [4.69, 9.17) is 11.5 Å². The van der Waals surface area contributed by atoms with E-state index in [1.807, 2.05) is 23.4 Å². The van der Waals surface area contributed by atoms with Crippen molar-refractivity contribution in [3.63, 3.8) is 0 Å². The van der Waals surface area contributed by atoms with Crippen molar-refractivity contribution in [1.82, 2.24) is 14.5 Å². The van der Waals surface area contributed by atoms with Crippen molar-refractivity contribution in [2.24, 2.45) is 16.5 Å². The molecule has 3 heterocycles. The summed E-state index contributed by atoms with van der Waals surface area (Å²) < 4.78 is 2.16. The van der Waals surface area contributed by atoms with E-state index < -0.39 is 0 Å². The number of nitrogens with zero attached hydrogens (tertiary/aromatic N) is 4. The minimum Gasteiger partial charge on any atom is -0.370 e. The summed E-state index contributed by atoms with van der Waals surface area (Å²) in [6.07, 6.45) is 4.97. The molecule has 1 aromatic carbocycles. The largest absolute Gasteiger partial charge is 0.370 e. The SMILES string of the molecule is NC(N)=NCCCC(=O)N1C[C@@H]2c3nccn3-c3ccccc3[C@@H]2C1. The van der Waals surface area contributed by atoms with Crippen LogP contribution in [0.2, 0.25) is 0 Å². The number of amides is 1. The predicted molar refractivity (Wildman–Crippen MR) is 95.5 cm³/mol. The van der Waals surface area contributed by atoms with Gasteiger partial charge in [-0.25, -0.2) is 4.98 Å². The van der Waals surface area contributed by atoms with Crippen LogP contribution in [0.15, 0.2) is 41.7 Å². The van der Waals surface area contributed by atoms with Crippen LogP contribution in [0, 0.1) is 0 Å². The Morgan fingerprint density at radius 3 is 2.88 bits per heavy atom. The van der Waals surface area contributed by atoms with E-state index in [2.05, 4.69) is 32.7 Å². The van der Waals surface area contributed by atoms with Crippen molar-refractivity contribution < 1.29 is 4.79 Å². The third kappa shape index (κ3) is 2.75. The molecule has 1 saturated heterocycles. The molecule has 0 saturated carbocycles. The Bertz CT molecular complexity index is 822. The summed E-state index contributed by atoms with van der Waals surface area (Å²) in [5, 5.41) is 0. The molecule has 7 heteroatoms. The van der Waals surface area contributed by atoms with Gasteiger partial charge in [-0.05, 0) is 18.1 Å². The summed E-state index contributed by atoms with van der Waals surface area (Å²) in [6.45, 7) is 1.95. The molecule has 0 aliphatic carbocycles. The van der Waals surface area contributed by atoms with Gasteiger partial charge in [-0.3, -0.25) is 9.79 Å². The first-order valence-corrected chi connectivity index (χ1v) is 8.61. The number of likely N-dealkylation sites (tertiary alicyclic amines) is 1. The predicted octanol–water partition coefficient (Wildman–Crippen LogP) is 0.949. The molecular formula is C18H22N6O. The van der Waals surface area contributed by atoms with Gasteiger partial charge in [-0.2, -0.15) is 0 Å². The van der Waals surface area contributed by atoms with Crippen molar-refractivity contribution in [3.05, 3.63) is 48.0 Å². The van der Waals surface area contributed by atoms with Crippen LogP contribution in [0.5, 0.6) is 0 Å². The fourth-order valence-corrected chi connectivity index (χ4v) is 3.99.